The van der Waals surface area contributed by atoms with Gasteiger partial charge in [-0.15, -0.1) is 0 Å². The van der Waals surface area contributed by atoms with E-state index in [0.29, 0.717) is 46.9 Å². The first-order valence-corrected chi connectivity index (χ1v) is 9.27. The summed E-state index contributed by atoms with van der Waals surface area (Å²) in [5, 5.41) is 3.00. The summed E-state index contributed by atoms with van der Waals surface area (Å²) in [5.74, 6) is -0.0931. The van der Waals surface area contributed by atoms with Crippen molar-refractivity contribution in [3.8, 4) is 17.1 Å². The lowest BCUT2D eigenvalue weighted by molar-refractivity contribution is 0.0922. The topological polar surface area (TPSA) is 103 Å². The molecular weight excluding hydrogens is 373 g/mol. The number of amides is 1. The van der Waals surface area contributed by atoms with Crippen LogP contribution < -0.4 is 15.8 Å². The molecule has 0 radical (unpaired) electrons. The highest BCUT2D eigenvalue weighted by atomic mass is 19.1. The van der Waals surface area contributed by atoms with Gasteiger partial charge < -0.3 is 15.8 Å². The fourth-order valence-corrected chi connectivity index (χ4v) is 3.64. The zero-order valence-corrected chi connectivity index (χ0v) is 16.1. The summed E-state index contributed by atoms with van der Waals surface area (Å²) >= 11 is 0. The van der Waals surface area contributed by atoms with Crippen LogP contribution >= 0.6 is 0 Å². The van der Waals surface area contributed by atoms with Crippen LogP contribution in [0.3, 0.4) is 0 Å². The number of fused-ring (bicyclic) bond motifs is 1. The number of aromatic nitrogens is 3. The molecule has 148 valence electrons. The maximum Gasteiger partial charge on any atom is 0.255 e. The minimum atomic E-state index is -0.405. The average Bonchev–Trinajstić information content (AvgIpc) is 2.72. The van der Waals surface area contributed by atoms with Gasteiger partial charge in [0.05, 0.1) is 35.8 Å². The molecular formula is C21H20FN5O2. The van der Waals surface area contributed by atoms with E-state index in [2.05, 4.69) is 20.3 Å². The van der Waals surface area contributed by atoms with Crippen molar-refractivity contribution in [2.75, 3.05) is 12.8 Å². The number of hydrogen-bond acceptors (Lipinski definition) is 6. The van der Waals surface area contributed by atoms with E-state index in [4.69, 9.17) is 10.5 Å². The summed E-state index contributed by atoms with van der Waals surface area (Å²) < 4.78 is 19.3. The lowest BCUT2D eigenvalue weighted by Gasteiger charge is -2.28. The molecule has 3 aromatic rings. The number of rotatable bonds is 4. The van der Waals surface area contributed by atoms with Crippen molar-refractivity contribution < 1.29 is 13.9 Å². The highest BCUT2D eigenvalue weighted by Crippen LogP contribution is 2.34. The van der Waals surface area contributed by atoms with Crippen LogP contribution in [0.15, 0.2) is 36.4 Å². The highest BCUT2D eigenvalue weighted by Gasteiger charge is 2.31. The second-order valence-electron chi connectivity index (χ2n) is 6.73. The van der Waals surface area contributed by atoms with E-state index in [1.54, 1.807) is 24.3 Å². The third-order valence-electron chi connectivity index (χ3n) is 4.94. The number of methoxy groups -OCH3 is 1. The van der Waals surface area contributed by atoms with E-state index in [0.717, 1.165) is 5.56 Å². The second kappa shape index (κ2) is 7.46. The molecule has 1 amide bonds. The van der Waals surface area contributed by atoms with Gasteiger partial charge in [-0.2, -0.15) is 0 Å². The van der Waals surface area contributed by atoms with Gasteiger partial charge in [-0.3, -0.25) is 4.79 Å². The Balaban J connectivity index is 1.80. The molecule has 7 nitrogen and oxygen atoms in total. The molecule has 0 aliphatic carbocycles. The number of benzene rings is 1. The summed E-state index contributed by atoms with van der Waals surface area (Å²) in [6.07, 6.45) is 0.992. The molecule has 1 atom stereocenters. The number of carbonyl (C=O) groups excluding carboxylic acids is 1. The van der Waals surface area contributed by atoms with E-state index in [9.17, 15) is 9.18 Å². The van der Waals surface area contributed by atoms with Crippen molar-refractivity contribution in [2.24, 2.45) is 0 Å². The number of aryl methyl sites for hydroxylation is 1. The molecule has 0 bridgehead atoms. The van der Waals surface area contributed by atoms with Gasteiger partial charge in [0, 0.05) is 18.1 Å². The third kappa shape index (κ3) is 3.49. The highest BCUT2D eigenvalue weighted by molar-refractivity contribution is 5.98. The molecule has 0 unspecified atom stereocenters. The molecule has 29 heavy (non-hydrogen) atoms. The Kier molecular flexibility index (Phi) is 4.84. The van der Waals surface area contributed by atoms with Crippen molar-refractivity contribution in [1.82, 2.24) is 20.3 Å². The standard InChI is InChI=1S/C21H20FN5O2/c1-3-14-19-17(27-21(23)26-14)10-16(25-20(19)28)12-8-7-11(22)9-13(12)15-5-4-6-18(24-15)29-2/h4-9,16H,3,10H2,1-2H3,(H,25,28)(H2,23,26,27)/t16-/m1/s1. The summed E-state index contributed by atoms with van der Waals surface area (Å²) in [4.78, 5) is 25.7. The Hall–Kier alpha value is -3.55. The van der Waals surface area contributed by atoms with Crippen LogP contribution in [0.1, 0.15) is 40.3 Å². The molecule has 3 N–H and O–H groups in total. The van der Waals surface area contributed by atoms with Crippen molar-refractivity contribution in [2.45, 2.75) is 25.8 Å². The van der Waals surface area contributed by atoms with E-state index >= 15 is 0 Å². The van der Waals surface area contributed by atoms with Crippen LogP contribution in [-0.2, 0) is 12.8 Å². The number of hydrogen-bond donors (Lipinski definition) is 2. The number of nitrogens with zero attached hydrogens (tertiary/aromatic N) is 3. The fraction of sp³-hybridized carbons (Fsp3) is 0.238. The molecule has 0 fully saturated rings. The van der Waals surface area contributed by atoms with E-state index in [1.807, 2.05) is 6.92 Å². The Labute approximate surface area is 167 Å². The van der Waals surface area contributed by atoms with Gasteiger partial charge in [0.25, 0.3) is 5.91 Å². The van der Waals surface area contributed by atoms with Gasteiger partial charge in [-0.1, -0.05) is 19.1 Å². The summed E-state index contributed by atoms with van der Waals surface area (Å²) in [6.45, 7) is 1.91. The number of halogens is 1. The molecule has 0 saturated heterocycles. The minimum Gasteiger partial charge on any atom is -0.481 e. The second-order valence-corrected chi connectivity index (χ2v) is 6.73. The molecule has 1 aliphatic heterocycles. The number of carbonyl (C=O) groups is 1. The van der Waals surface area contributed by atoms with Crippen molar-refractivity contribution >= 4 is 11.9 Å². The number of nitrogen functional groups attached to an aromatic ring is 1. The molecule has 2 aromatic heterocycles. The predicted octanol–water partition coefficient (Wildman–Crippen LogP) is 2.86. The summed E-state index contributed by atoms with van der Waals surface area (Å²) in [7, 11) is 1.52. The van der Waals surface area contributed by atoms with Crippen molar-refractivity contribution in [3.63, 3.8) is 0 Å². The molecule has 8 heteroatoms. The van der Waals surface area contributed by atoms with Gasteiger partial charge in [-0.05, 0) is 30.2 Å². The predicted molar refractivity (Wildman–Crippen MR) is 106 cm³/mol. The fourth-order valence-electron chi connectivity index (χ4n) is 3.64. The number of anilines is 1. The Morgan fingerprint density at radius 3 is 2.83 bits per heavy atom. The van der Waals surface area contributed by atoms with Gasteiger partial charge in [0.1, 0.15) is 5.82 Å². The maximum atomic E-state index is 14.1. The zero-order chi connectivity index (χ0) is 20.5. The van der Waals surface area contributed by atoms with Crippen LogP contribution in [-0.4, -0.2) is 28.0 Å². The van der Waals surface area contributed by atoms with Crippen LogP contribution in [0.2, 0.25) is 0 Å². The number of ether oxygens (including phenoxy) is 1. The summed E-state index contributed by atoms with van der Waals surface area (Å²) in [5.41, 5.74) is 9.39. The number of nitrogens with one attached hydrogen (secondary N) is 1. The van der Waals surface area contributed by atoms with Crippen LogP contribution in [0.4, 0.5) is 10.3 Å². The van der Waals surface area contributed by atoms with Crippen LogP contribution in [0, 0.1) is 5.82 Å². The third-order valence-corrected chi connectivity index (χ3v) is 4.94. The molecule has 1 aromatic carbocycles. The van der Waals surface area contributed by atoms with E-state index in [1.165, 1.54) is 19.2 Å². The van der Waals surface area contributed by atoms with Crippen molar-refractivity contribution in [3.05, 3.63) is 64.7 Å². The van der Waals surface area contributed by atoms with Crippen LogP contribution in [0.25, 0.3) is 11.3 Å². The molecule has 0 spiro atoms. The van der Waals surface area contributed by atoms with Gasteiger partial charge in [-0.25, -0.2) is 19.3 Å². The van der Waals surface area contributed by atoms with Gasteiger partial charge in [0.15, 0.2) is 0 Å². The lowest BCUT2D eigenvalue weighted by atomic mass is 9.90. The quantitative estimate of drug-likeness (QED) is 0.707. The van der Waals surface area contributed by atoms with E-state index in [-0.39, 0.29) is 11.9 Å². The Morgan fingerprint density at radius 1 is 1.24 bits per heavy atom. The van der Waals surface area contributed by atoms with Gasteiger partial charge >= 0.3 is 0 Å². The average molecular weight is 393 g/mol. The molecule has 0 saturated carbocycles. The lowest BCUT2D eigenvalue weighted by Crippen LogP contribution is -2.37. The first-order chi connectivity index (χ1) is 14.0. The monoisotopic (exact) mass is 393 g/mol. The number of pyridine rings is 1. The first-order valence-electron chi connectivity index (χ1n) is 9.27. The molecule has 1 aliphatic rings. The van der Waals surface area contributed by atoms with Crippen molar-refractivity contribution in [1.29, 1.82) is 0 Å². The smallest absolute Gasteiger partial charge is 0.255 e. The zero-order valence-electron chi connectivity index (χ0n) is 16.1. The number of nitrogens with two attached hydrogens (primary N) is 1. The Bertz CT molecular complexity index is 1100. The summed E-state index contributed by atoms with van der Waals surface area (Å²) in [6, 6.07) is 9.30. The molecule has 4 rings (SSSR count). The maximum absolute atomic E-state index is 14.1. The Morgan fingerprint density at radius 2 is 2.07 bits per heavy atom. The van der Waals surface area contributed by atoms with E-state index < -0.39 is 11.9 Å². The van der Waals surface area contributed by atoms with Crippen LogP contribution in [0.5, 0.6) is 5.88 Å². The minimum absolute atomic E-state index is 0.142. The SMILES string of the molecule is CCc1nc(N)nc2c1C(=O)N[C@@H](c1ccc(F)cc1-c1cccc(OC)n1)C2. The largest absolute Gasteiger partial charge is 0.481 e. The normalized spacial score (nSPS) is 15.6. The first kappa shape index (κ1) is 18.8. The molecule has 3 heterocycles. The van der Waals surface area contributed by atoms with Gasteiger partial charge in [0.2, 0.25) is 11.8 Å².